The highest BCUT2D eigenvalue weighted by Gasteiger charge is 2.39. The van der Waals surface area contributed by atoms with Crippen LogP contribution in [0.15, 0.2) is 72.1 Å². The topological polar surface area (TPSA) is 204 Å². The molecule has 16 heteroatoms. The van der Waals surface area contributed by atoms with Gasteiger partial charge in [-0.3, -0.25) is 24.0 Å². The molecule has 0 aromatic heterocycles. The molecule has 56 heavy (non-hydrogen) atoms. The van der Waals surface area contributed by atoms with Crippen LogP contribution in [0.5, 0.6) is 0 Å². The van der Waals surface area contributed by atoms with Gasteiger partial charge in [-0.25, -0.2) is 13.2 Å². The van der Waals surface area contributed by atoms with Gasteiger partial charge in [-0.1, -0.05) is 66.7 Å². The Morgan fingerprint density at radius 1 is 0.786 bits per heavy atom. The van der Waals surface area contributed by atoms with E-state index in [2.05, 4.69) is 16.0 Å². The van der Waals surface area contributed by atoms with Crippen LogP contribution in [0.4, 0.5) is 4.79 Å². The second kappa shape index (κ2) is 20.1. The second-order valence-electron chi connectivity index (χ2n) is 15.6. The molecule has 4 atom stereocenters. The predicted molar refractivity (Wildman–Crippen MR) is 207 cm³/mol. The zero-order valence-electron chi connectivity index (χ0n) is 33.0. The number of hydrogen-bond acceptors (Lipinski definition) is 11. The van der Waals surface area contributed by atoms with E-state index in [0.29, 0.717) is 17.5 Å². The Hall–Kier alpha value is -5.25. The number of carbonyl (C=O) groups excluding carboxylic acids is 6. The van der Waals surface area contributed by atoms with Crippen LogP contribution in [-0.2, 0) is 61.0 Å². The zero-order chi connectivity index (χ0) is 41.7. The van der Waals surface area contributed by atoms with Gasteiger partial charge in [0.1, 0.15) is 35.9 Å². The summed E-state index contributed by atoms with van der Waals surface area (Å²) >= 11 is 0. The molecule has 0 saturated carbocycles. The average Bonchev–Trinajstić information content (AvgIpc) is 3.58. The molecule has 4 amide bonds. The van der Waals surface area contributed by atoms with Crippen LogP contribution in [0.3, 0.4) is 0 Å². The van der Waals surface area contributed by atoms with Gasteiger partial charge in [0, 0.05) is 24.6 Å². The summed E-state index contributed by atoms with van der Waals surface area (Å²) in [6.07, 6.45) is 0.885. The van der Waals surface area contributed by atoms with Crippen molar-refractivity contribution in [2.24, 2.45) is 0 Å². The molecule has 1 aliphatic rings. The number of nitrogens with zero attached hydrogens (tertiary/aromatic N) is 1. The highest BCUT2D eigenvalue weighted by Crippen LogP contribution is 2.21. The lowest BCUT2D eigenvalue weighted by molar-refractivity contribution is -0.157. The summed E-state index contributed by atoms with van der Waals surface area (Å²) in [4.78, 5) is 81.9. The summed E-state index contributed by atoms with van der Waals surface area (Å²) in [5.41, 5.74) is -0.358. The third kappa shape index (κ3) is 16.6. The van der Waals surface area contributed by atoms with Crippen molar-refractivity contribution in [1.82, 2.24) is 20.9 Å². The van der Waals surface area contributed by atoms with E-state index in [-0.39, 0.29) is 32.4 Å². The molecule has 0 spiro atoms. The van der Waals surface area contributed by atoms with Crippen molar-refractivity contribution < 1.29 is 51.4 Å². The molecule has 3 rings (SSSR count). The Morgan fingerprint density at radius 2 is 1.34 bits per heavy atom. The maximum absolute atomic E-state index is 14.4. The van der Waals surface area contributed by atoms with Crippen LogP contribution in [0, 0.1) is 0 Å². The molecule has 15 nitrogen and oxygen atoms in total. The van der Waals surface area contributed by atoms with Gasteiger partial charge in [0.05, 0.1) is 18.9 Å². The number of amides is 4. The van der Waals surface area contributed by atoms with Crippen molar-refractivity contribution in [3.8, 4) is 0 Å². The zero-order valence-corrected chi connectivity index (χ0v) is 33.9. The standard InChI is InChI=1S/C40H54N4O11S/c1-39(2,3)54-33(45)24-29(20-22-56(7,51)52)41-36(48)32-19-14-21-44(32)37(49)31(23-27-15-10-8-11-16-27)42-35(47)30(25-34(46)55-40(4,5)6)43-38(50)53-26-28-17-12-9-13-18-28/h8-13,15-18,20,22,29-32H,14,19,21,23-26H2,1-7H3,(H,41,48)(H,42,47)(H,43,50)/b22-20+/t29-,30+,31?,32-/m1/s1. The first-order chi connectivity index (χ1) is 26.1. The average molecular weight is 799 g/mol. The molecule has 1 saturated heterocycles. The van der Waals surface area contributed by atoms with Gasteiger partial charge in [0.2, 0.25) is 17.7 Å². The minimum absolute atomic E-state index is 0.00771. The van der Waals surface area contributed by atoms with E-state index in [1.165, 1.54) is 11.0 Å². The van der Waals surface area contributed by atoms with Crippen molar-refractivity contribution in [3.05, 3.63) is 83.3 Å². The lowest BCUT2D eigenvalue weighted by atomic mass is 10.0. The Balaban J connectivity index is 1.86. The smallest absolute Gasteiger partial charge is 0.408 e. The number of likely N-dealkylation sites (tertiary alicyclic amines) is 1. The Bertz CT molecular complexity index is 1820. The monoisotopic (exact) mass is 798 g/mol. The fraction of sp³-hybridized carbons (Fsp3) is 0.500. The van der Waals surface area contributed by atoms with Crippen LogP contribution >= 0.6 is 0 Å². The molecule has 1 unspecified atom stereocenters. The molecule has 3 N–H and O–H groups in total. The normalized spacial score (nSPS) is 16.3. The number of alkyl carbamates (subject to hydrolysis) is 1. The molecule has 0 radical (unpaired) electrons. The van der Waals surface area contributed by atoms with Crippen molar-refractivity contribution in [2.75, 3.05) is 12.8 Å². The first-order valence-corrected chi connectivity index (χ1v) is 20.3. The van der Waals surface area contributed by atoms with Gasteiger partial charge in [-0.2, -0.15) is 0 Å². The van der Waals surface area contributed by atoms with E-state index in [1.54, 1.807) is 102 Å². The van der Waals surface area contributed by atoms with Gasteiger partial charge in [0.25, 0.3) is 0 Å². The van der Waals surface area contributed by atoms with Crippen LogP contribution in [0.25, 0.3) is 0 Å². The number of nitrogens with one attached hydrogen (secondary N) is 3. The fourth-order valence-electron chi connectivity index (χ4n) is 5.74. The van der Waals surface area contributed by atoms with E-state index in [4.69, 9.17) is 14.2 Å². The van der Waals surface area contributed by atoms with Gasteiger partial charge < -0.3 is 35.1 Å². The van der Waals surface area contributed by atoms with Crippen molar-refractivity contribution >= 4 is 45.6 Å². The lowest BCUT2D eigenvalue weighted by Crippen LogP contribution is -2.58. The molecule has 2 aromatic rings. The summed E-state index contributed by atoms with van der Waals surface area (Å²) in [5.74, 6) is -3.58. The van der Waals surface area contributed by atoms with Crippen molar-refractivity contribution in [2.45, 2.75) is 116 Å². The van der Waals surface area contributed by atoms with Crippen molar-refractivity contribution in [1.29, 1.82) is 0 Å². The molecule has 1 aliphatic heterocycles. The maximum Gasteiger partial charge on any atom is 0.408 e. The maximum atomic E-state index is 14.4. The minimum atomic E-state index is -3.62. The first-order valence-electron chi connectivity index (χ1n) is 18.3. The minimum Gasteiger partial charge on any atom is -0.460 e. The molecule has 0 bridgehead atoms. The molecule has 1 heterocycles. The number of hydrogen-bond donors (Lipinski definition) is 3. The predicted octanol–water partition coefficient (Wildman–Crippen LogP) is 3.51. The van der Waals surface area contributed by atoms with Crippen LogP contribution < -0.4 is 16.0 Å². The molecule has 2 aromatic carbocycles. The summed E-state index contributed by atoms with van der Waals surface area (Å²) in [7, 11) is -3.62. The Kier molecular flexibility index (Phi) is 16.2. The largest absolute Gasteiger partial charge is 0.460 e. The highest BCUT2D eigenvalue weighted by molar-refractivity contribution is 7.93. The lowest BCUT2D eigenvalue weighted by Gasteiger charge is -2.30. The SMILES string of the molecule is CC(C)(C)OC(=O)C[C@@H](/C=C/S(C)(=O)=O)NC(=O)[C@H]1CCCN1C(=O)C(Cc1ccccc1)NC(=O)[C@H](CC(=O)OC(C)(C)C)NC(=O)OCc1ccccc1. The number of sulfone groups is 1. The van der Waals surface area contributed by atoms with Gasteiger partial charge in [-0.05, 0) is 65.5 Å². The van der Waals surface area contributed by atoms with Crippen molar-refractivity contribution in [3.63, 3.8) is 0 Å². The molecule has 306 valence electrons. The summed E-state index contributed by atoms with van der Waals surface area (Å²) in [6.45, 7) is 10.0. The number of ether oxygens (including phenoxy) is 3. The van der Waals surface area contributed by atoms with E-state index in [9.17, 15) is 37.2 Å². The van der Waals surface area contributed by atoms with E-state index in [0.717, 1.165) is 11.7 Å². The molecule has 0 aliphatic carbocycles. The molecule has 1 fully saturated rings. The first kappa shape index (κ1) is 45.1. The van der Waals surface area contributed by atoms with Crippen LogP contribution in [-0.4, -0.2) is 97.2 Å². The van der Waals surface area contributed by atoms with Gasteiger partial charge in [0.15, 0.2) is 9.84 Å². The summed E-state index contributed by atoms with van der Waals surface area (Å²) in [5, 5.41) is 8.69. The van der Waals surface area contributed by atoms with Gasteiger partial charge in [-0.15, -0.1) is 0 Å². The van der Waals surface area contributed by atoms with E-state index < -0.39 is 87.4 Å². The third-order valence-electron chi connectivity index (χ3n) is 8.04. The number of esters is 2. The quantitative estimate of drug-likeness (QED) is 0.166. The third-order valence-corrected chi connectivity index (χ3v) is 8.69. The van der Waals surface area contributed by atoms with Crippen LogP contribution in [0.2, 0.25) is 0 Å². The molecular formula is C40H54N4O11S. The van der Waals surface area contributed by atoms with Crippen LogP contribution in [0.1, 0.15) is 78.4 Å². The van der Waals surface area contributed by atoms with Gasteiger partial charge >= 0.3 is 18.0 Å². The summed E-state index contributed by atoms with van der Waals surface area (Å²) < 4.78 is 39.9. The number of rotatable bonds is 16. The number of benzene rings is 2. The van der Waals surface area contributed by atoms with E-state index >= 15 is 0 Å². The Morgan fingerprint density at radius 3 is 1.89 bits per heavy atom. The fourth-order valence-corrected chi connectivity index (χ4v) is 6.21. The number of carbonyl (C=O) groups is 6. The Labute approximate surface area is 328 Å². The second-order valence-corrected chi connectivity index (χ2v) is 17.5. The molecular weight excluding hydrogens is 745 g/mol. The highest BCUT2D eigenvalue weighted by atomic mass is 32.2. The van der Waals surface area contributed by atoms with E-state index in [1.807, 2.05) is 0 Å². The summed E-state index contributed by atoms with van der Waals surface area (Å²) in [6, 6.07) is 12.8.